The lowest BCUT2D eigenvalue weighted by Crippen LogP contribution is -2.39. The molecule has 3 rings (SSSR count). The number of nitrogens with zero attached hydrogens (tertiary/aromatic N) is 1. The van der Waals surface area contributed by atoms with Gasteiger partial charge in [0.15, 0.2) is 0 Å². The molecule has 5 nitrogen and oxygen atoms in total. The molecule has 0 aliphatic heterocycles. The van der Waals surface area contributed by atoms with Crippen LogP contribution in [0.3, 0.4) is 0 Å². The number of hydrogen-bond acceptors (Lipinski definition) is 4. The number of nitro groups is 1. The van der Waals surface area contributed by atoms with E-state index in [-0.39, 0.29) is 17.1 Å². The van der Waals surface area contributed by atoms with Crippen LogP contribution in [0, 0.1) is 15.9 Å². The van der Waals surface area contributed by atoms with E-state index in [1.54, 1.807) is 13.0 Å². The van der Waals surface area contributed by atoms with Crippen LogP contribution in [0.5, 0.6) is 0 Å². The maximum absolute atomic E-state index is 13.4. The van der Waals surface area contributed by atoms with Crippen LogP contribution >= 0.6 is 0 Å². The van der Waals surface area contributed by atoms with Gasteiger partial charge in [-0.3, -0.25) is 10.1 Å². The molecule has 0 unspecified atom stereocenters. The molecule has 0 amide bonds. The fraction of sp³-hybridized carbons (Fsp3) is 0.286. The second-order valence-electron chi connectivity index (χ2n) is 6.44. The van der Waals surface area contributed by atoms with E-state index in [0.717, 1.165) is 5.56 Å². The standard InChI is InChI=1S/C21H20FNO4/c1-2-27-21(24)18-13-12-17(14-6-4-3-5-7-14)20(23(25)26)19(18)15-8-10-16(22)11-9-15/h3-11,13,17,19-20H,2,12H2,1H3/t17-,19+,20+/m0/s1. The van der Waals surface area contributed by atoms with Crippen LogP contribution in [0.2, 0.25) is 0 Å². The number of esters is 1. The number of rotatable bonds is 5. The van der Waals surface area contributed by atoms with Gasteiger partial charge in [-0.1, -0.05) is 48.5 Å². The van der Waals surface area contributed by atoms with Gasteiger partial charge in [-0.25, -0.2) is 9.18 Å². The highest BCUT2D eigenvalue weighted by Crippen LogP contribution is 2.43. The van der Waals surface area contributed by atoms with Crippen molar-refractivity contribution in [3.63, 3.8) is 0 Å². The molecule has 0 heterocycles. The lowest BCUT2D eigenvalue weighted by Gasteiger charge is -2.32. The fourth-order valence-corrected chi connectivity index (χ4v) is 3.71. The van der Waals surface area contributed by atoms with E-state index in [9.17, 15) is 19.3 Å². The van der Waals surface area contributed by atoms with Gasteiger partial charge in [0, 0.05) is 10.5 Å². The van der Waals surface area contributed by atoms with Gasteiger partial charge in [0.25, 0.3) is 0 Å². The van der Waals surface area contributed by atoms with Gasteiger partial charge in [-0.2, -0.15) is 0 Å². The largest absolute Gasteiger partial charge is 0.463 e. The van der Waals surface area contributed by atoms with Crippen molar-refractivity contribution in [1.29, 1.82) is 0 Å². The Balaban J connectivity index is 2.12. The van der Waals surface area contributed by atoms with Crippen molar-refractivity contribution in [3.8, 4) is 0 Å². The third kappa shape index (κ3) is 3.89. The molecule has 140 valence electrons. The summed E-state index contributed by atoms with van der Waals surface area (Å²) in [6.45, 7) is 1.86. The zero-order valence-electron chi connectivity index (χ0n) is 14.9. The molecule has 2 aromatic rings. The van der Waals surface area contributed by atoms with E-state index in [4.69, 9.17) is 4.74 Å². The number of benzene rings is 2. The molecule has 6 heteroatoms. The summed E-state index contributed by atoms with van der Waals surface area (Å²) in [5.74, 6) is -2.20. The Bertz CT molecular complexity index is 848. The molecule has 0 bridgehead atoms. The van der Waals surface area contributed by atoms with E-state index in [0.29, 0.717) is 12.0 Å². The summed E-state index contributed by atoms with van der Waals surface area (Å²) >= 11 is 0. The van der Waals surface area contributed by atoms with E-state index < -0.39 is 29.7 Å². The van der Waals surface area contributed by atoms with Gasteiger partial charge >= 0.3 is 5.97 Å². The van der Waals surface area contributed by atoms with Crippen molar-refractivity contribution in [2.24, 2.45) is 0 Å². The topological polar surface area (TPSA) is 69.4 Å². The number of carbonyl (C=O) groups excluding carboxylic acids is 1. The summed E-state index contributed by atoms with van der Waals surface area (Å²) in [5, 5.41) is 12.1. The summed E-state index contributed by atoms with van der Waals surface area (Å²) in [4.78, 5) is 24.2. The quantitative estimate of drug-likeness (QED) is 0.449. The predicted molar refractivity (Wildman–Crippen MR) is 98.4 cm³/mol. The second kappa shape index (κ2) is 8.12. The molecule has 3 atom stereocenters. The van der Waals surface area contributed by atoms with Crippen LogP contribution in [0.25, 0.3) is 0 Å². The SMILES string of the molecule is CCOC(=O)C1=CC[C@@H](c2ccccc2)[C@@H]([N+](=O)[O-])[C@@H]1c1ccc(F)cc1. The maximum Gasteiger partial charge on any atom is 0.334 e. The lowest BCUT2D eigenvalue weighted by molar-refractivity contribution is -0.530. The maximum atomic E-state index is 13.4. The molecule has 0 fully saturated rings. The lowest BCUT2D eigenvalue weighted by atomic mass is 9.71. The Morgan fingerprint density at radius 3 is 2.41 bits per heavy atom. The van der Waals surface area contributed by atoms with Gasteiger partial charge < -0.3 is 4.74 Å². The summed E-state index contributed by atoms with van der Waals surface area (Å²) < 4.78 is 18.5. The first-order valence-electron chi connectivity index (χ1n) is 8.84. The van der Waals surface area contributed by atoms with Crippen LogP contribution in [-0.2, 0) is 9.53 Å². The van der Waals surface area contributed by atoms with Gasteiger partial charge in [-0.15, -0.1) is 0 Å². The fourth-order valence-electron chi connectivity index (χ4n) is 3.71. The third-order valence-electron chi connectivity index (χ3n) is 4.89. The minimum absolute atomic E-state index is 0.178. The zero-order chi connectivity index (χ0) is 19.4. The zero-order valence-corrected chi connectivity index (χ0v) is 14.9. The molecule has 0 radical (unpaired) electrons. The molecule has 1 aliphatic carbocycles. The van der Waals surface area contributed by atoms with Crippen LogP contribution in [0.4, 0.5) is 4.39 Å². The minimum atomic E-state index is -1.05. The average Bonchev–Trinajstić information content (AvgIpc) is 2.68. The summed E-state index contributed by atoms with van der Waals surface area (Å²) in [5.41, 5.74) is 1.63. The van der Waals surface area contributed by atoms with Crippen LogP contribution < -0.4 is 0 Å². The smallest absolute Gasteiger partial charge is 0.334 e. The molecule has 0 spiro atoms. The van der Waals surface area contributed by atoms with Gasteiger partial charge in [-0.05, 0) is 36.6 Å². The number of carbonyl (C=O) groups is 1. The Morgan fingerprint density at radius 1 is 1.15 bits per heavy atom. The first-order valence-corrected chi connectivity index (χ1v) is 8.84. The molecular formula is C21H20FNO4. The van der Waals surface area contributed by atoms with Crippen LogP contribution in [0.1, 0.15) is 36.3 Å². The highest BCUT2D eigenvalue weighted by atomic mass is 19.1. The van der Waals surface area contributed by atoms with Crippen molar-refractivity contribution in [3.05, 3.63) is 93.3 Å². The summed E-state index contributed by atoms with van der Waals surface area (Å²) in [6.07, 6.45) is 2.09. The first kappa shape index (κ1) is 18.8. The Morgan fingerprint density at radius 2 is 1.81 bits per heavy atom. The number of halogens is 1. The third-order valence-corrected chi connectivity index (χ3v) is 4.89. The number of allylic oxidation sites excluding steroid dienone is 1. The molecular weight excluding hydrogens is 349 g/mol. The molecule has 27 heavy (non-hydrogen) atoms. The number of ether oxygens (including phenoxy) is 1. The minimum Gasteiger partial charge on any atom is -0.463 e. The number of hydrogen-bond donors (Lipinski definition) is 0. The van der Waals surface area contributed by atoms with E-state index in [1.807, 2.05) is 30.3 Å². The highest BCUT2D eigenvalue weighted by Gasteiger charge is 2.47. The van der Waals surface area contributed by atoms with Crippen molar-refractivity contribution >= 4 is 5.97 Å². The predicted octanol–water partition coefficient (Wildman–Crippen LogP) is 4.23. The summed E-state index contributed by atoms with van der Waals surface area (Å²) in [6, 6.07) is 13.7. The van der Waals surface area contributed by atoms with E-state index in [1.165, 1.54) is 24.3 Å². The normalized spacial score (nSPS) is 22.0. The first-order chi connectivity index (χ1) is 13.0. The van der Waals surface area contributed by atoms with Gasteiger partial charge in [0.2, 0.25) is 6.04 Å². The van der Waals surface area contributed by atoms with Crippen molar-refractivity contribution in [2.45, 2.75) is 31.2 Å². The monoisotopic (exact) mass is 369 g/mol. The summed E-state index contributed by atoms with van der Waals surface area (Å²) in [7, 11) is 0. The molecule has 0 saturated carbocycles. The Kier molecular flexibility index (Phi) is 5.64. The molecule has 0 aromatic heterocycles. The van der Waals surface area contributed by atoms with Gasteiger partial charge in [0.05, 0.1) is 18.4 Å². The van der Waals surface area contributed by atoms with Crippen molar-refractivity contribution in [2.75, 3.05) is 6.61 Å². The Labute approximate surface area is 156 Å². The Hall–Kier alpha value is -3.02. The molecule has 2 aromatic carbocycles. The van der Waals surface area contributed by atoms with Crippen LogP contribution in [-0.4, -0.2) is 23.5 Å². The molecule has 0 saturated heterocycles. The second-order valence-corrected chi connectivity index (χ2v) is 6.44. The molecule has 0 N–H and O–H groups in total. The van der Waals surface area contributed by atoms with Crippen molar-refractivity contribution < 1.29 is 18.8 Å². The van der Waals surface area contributed by atoms with Crippen LogP contribution in [0.15, 0.2) is 66.2 Å². The van der Waals surface area contributed by atoms with E-state index >= 15 is 0 Å². The van der Waals surface area contributed by atoms with Gasteiger partial charge in [0.1, 0.15) is 5.82 Å². The highest BCUT2D eigenvalue weighted by molar-refractivity contribution is 5.90. The average molecular weight is 369 g/mol. The van der Waals surface area contributed by atoms with Crippen molar-refractivity contribution in [1.82, 2.24) is 0 Å². The van der Waals surface area contributed by atoms with E-state index in [2.05, 4.69) is 0 Å². The molecule has 1 aliphatic rings.